The number of hydrazine groups is 1. The highest BCUT2D eigenvalue weighted by Crippen LogP contribution is 2.33. The summed E-state index contributed by atoms with van der Waals surface area (Å²) in [7, 11) is 0. The van der Waals surface area contributed by atoms with Crippen molar-refractivity contribution < 1.29 is 4.79 Å². The van der Waals surface area contributed by atoms with Crippen LogP contribution in [0.2, 0.25) is 0 Å². The van der Waals surface area contributed by atoms with E-state index in [0.29, 0.717) is 17.9 Å². The van der Waals surface area contributed by atoms with Crippen LogP contribution in [0.1, 0.15) is 50.3 Å². The van der Waals surface area contributed by atoms with E-state index in [0.717, 1.165) is 49.2 Å². The van der Waals surface area contributed by atoms with Crippen molar-refractivity contribution in [3.8, 4) is 0 Å². The topological polar surface area (TPSA) is 73.1 Å². The van der Waals surface area contributed by atoms with Gasteiger partial charge in [-0.05, 0) is 37.8 Å². The van der Waals surface area contributed by atoms with Gasteiger partial charge in [-0.3, -0.25) is 10.2 Å². The first-order chi connectivity index (χ1) is 12.8. The van der Waals surface area contributed by atoms with Crippen molar-refractivity contribution in [1.82, 2.24) is 25.7 Å². The predicted molar refractivity (Wildman–Crippen MR) is 100 cm³/mol. The molecule has 26 heavy (non-hydrogen) atoms. The number of likely N-dealkylation sites (tertiary alicyclic amines) is 1. The summed E-state index contributed by atoms with van der Waals surface area (Å²) in [6.07, 6.45) is 6.85. The first kappa shape index (κ1) is 16.3. The van der Waals surface area contributed by atoms with Gasteiger partial charge in [0.05, 0.1) is 11.0 Å². The molecule has 3 N–H and O–H groups in total. The molecule has 0 bridgehead atoms. The normalized spacial score (nSPS) is 29.8. The fourth-order valence-electron chi connectivity index (χ4n) is 5.02. The summed E-state index contributed by atoms with van der Waals surface area (Å²) in [4.78, 5) is 23.3. The molecule has 6 nitrogen and oxygen atoms in total. The second-order valence-corrected chi connectivity index (χ2v) is 8.06. The number of carbonyl (C=O) groups is 1. The molecular formula is C20H27N5O. The Bertz CT molecular complexity index is 761. The number of carbonyl (C=O) groups excluding carboxylic acids is 1. The highest BCUT2D eigenvalue weighted by atomic mass is 16.2. The average molecular weight is 353 g/mol. The van der Waals surface area contributed by atoms with Crippen molar-refractivity contribution in [1.29, 1.82) is 0 Å². The molecule has 3 fully saturated rings. The average Bonchev–Trinajstić information content (AvgIpc) is 3.32. The van der Waals surface area contributed by atoms with Gasteiger partial charge >= 0.3 is 0 Å². The van der Waals surface area contributed by atoms with Crippen LogP contribution >= 0.6 is 0 Å². The van der Waals surface area contributed by atoms with Gasteiger partial charge in [0.15, 0.2) is 0 Å². The van der Waals surface area contributed by atoms with E-state index in [-0.39, 0.29) is 11.9 Å². The molecule has 0 spiro atoms. The number of piperidine rings is 1. The minimum atomic E-state index is -0.0388. The van der Waals surface area contributed by atoms with Gasteiger partial charge in [-0.15, -0.1) is 0 Å². The molecule has 3 unspecified atom stereocenters. The lowest BCUT2D eigenvalue weighted by atomic mass is 9.81. The minimum absolute atomic E-state index is 0.0388. The Balaban J connectivity index is 1.23. The minimum Gasteiger partial charge on any atom is -0.342 e. The highest BCUT2D eigenvalue weighted by molar-refractivity contribution is 5.83. The van der Waals surface area contributed by atoms with Gasteiger partial charge in [0.1, 0.15) is 11.9 Å². The molecule has 6 heteroatoms. The summed E-state index contributed by atoms with van der Waals surface area (Å²) in [5.41, 5.74) is 8.80. The Morgan fingerprint density at radius 1 is 1.04 bits per heavy atom. The third kappa shape index (κ3) is 2.81. The van der Waals surface area contributed by atoms with Crippen LogP contribution in [-0.4, -0.2) is 45.9 Å². The largest absolute Gasteiger partial charge is 0.342 e. The number of nitrogens with zero attached hydrogens (tertiary/aromatic N) is 2. The van der Waals surface area contributed by atoms with E-state index in [1.807, 2.05) is 18.2 Å². The van der Waals surface area contributed by atoms with Gasteiger partial charge < -0.3 is 9.88 Å². The number of aromatic amines is 1. The molecule has 3 aliphatic rings. The van der Waals surface area contributed by atoms with Crippen LogP contribution in [0.15, 0.2) is 24.3 Å². The number of nitrogens with one attached hydrogen (secondary N) is 3. The van der Waals surface area contributed by atoms with Gasteiger partial charge in [-0.25, -0.2) is 10.4 Å². The number of amides is 1. The Hall–Kier alpha value is -1.92. The van der Waals surface area contributed by atoms with E-state index in [1.54, 1.807) is 0 Å². The third-order valence-electron chi connectivity index (χ3n) is 6.54. The maximum absolute atomic E-state index is 13.0. The first-order valence-electron chi connectivity index (χ1n) is 10.0. The number of benzene rings is 1. The zero-order chi connectivity index (χ0) is 17.5. The Morgan fingerprint density at radius 2 is 1.85 bits per heavy atom. The van der Waals surface area contributed by atoms with Crippen LogP contribution in [0.25, 0.3) is 11.0 Å². The second-order valence-electron chi connectivity index (χ2n) is 8.06. The third-order valence-corrected chi connectivity index (χ3v) is 6.54. The number of H-pyrrole nitrogens is 1. The molecule has 2 aromatic rings. The molecule has 2 aliphatic heterocycles. The van der Waals surface area contributed by atoms with Gasteiger partial charge in [-0.1, -0.05) is 25.0 Å². The van der Waals surface area contributed by atoms with Crippen LogP contribution in [0.4, 0.5) is 0 Å². The Labute approximate surface area is 153 Å². The molecule has 3 atom stereocenters. The number of hydrogen-bond donors (Lipinski definition) is 3. The molecule has 1 saturated carbocycles. The van der Waals surface area contributed by atoms with E-state index in [2.05, 4.69) is 26.8 Å². The van der Waals surface area contributed by atoms with Gasteiger partial charge in [-0.2, -0.15) is 0 Å². The van der Waals surface area contributed by atoms with Crippen LogP contribution in [-0.2, 0) is 4.79 Å². The number of hydrogen-bond acceptors (Lipinski definition) is 4. The van der Waals surface area contributed by atoms with Crippen molar-refractivity contribution >= 4 is 16.9 Å². The van der Waals surface area contributed by atoms with E-state index >= 15 is 0 Å². The van der Waals surface area contributed by atoms with Crippen molar-refractivity contribution in [2.45, 2.75) is 56.5 Å². The fourth-order valence-corrected chi connectivity index (χ4v) is 5.02. The molecule has 2 saturated heterocycles. The molecule has 5 rings (SSSR count). The monoisotopic (exact) mass is 353 g/mol. The highest BCUT2D eigenvalue weighted by Gasteiger charge is 2.43. The summed E-state index contributed by atoms with van der Waals surface area (Å²) >= 11 is 0. The lowest BCUT2D eigenvalue weighted by molar-refractivity contribution is -0.135. The summed E-state index contributed by atoms with van der Waals surface area (Å²) in [5, 5.41) is 0. The first-order valence-corrected chi connectivity index (χ1v) is 10.0. The fraction of sp³-hybridized carbons (Fsp3) is 0.600. The molecule has 0 radical (unpaired) electrons. The molecule has 1 aromatic carbocycles. The number of rotatable bonds is 2. The van der Waals surface area contributed by atoms with Gasteiger partial charge in [0, 0.05) is 31.0 Å². The zero-order valence-corrected chi connectivity index (χ0v) is 15.1. The quantitative estimate of drug-likeness (QED) is 0.775. The lowest BCUT2D eigenvalue weighted by Crippen LogP contribution is -2.50. The standard InChI is InChI=1S/C20H27N5O/c26-20(18-14-5-1-2-6-15(14)23-24-18)25-11-9-13(10-12-25)19-21-16-7-3-4-8-17(16)22-19/h3-4,7-8,13-15,18,23-24H,1-2,5-6,9-12H2,(H,21,22). The Kier molecular flexibility index (Phi) is 4.17. The molecule has 1 amide bonds. The zero-order valence-electron chi connectivity index (χ0n) is 15.1. The molecule has 1 aromatic heterocycles. The summed E-state index contributed by atoms with van der Waals surface area (Å²) < 4.78 is 0. The van der Waals surface area contributed by atoms with Crippen molar-refractivity contribution in [2.24, 2.45) is 5.92 Å². The second kappa shape index (κ2) is 6.67. The van der Waals surface area contributed by atoms with Crippen LogP contribution < -0.4 is 10.9 Å². The van der Waals surface area contributed by atoms with Crippen LogP contribution in [0, 0.1) is 5.92 Å². The molecule has 138 valence electrons. The number of aromatic nitrogens is 2. The van der Waals surface area contributed by atoms with E-state index in [4.69, 9.17) is 4.98 Å². The summed E-state index contributed by atoms with van der Waals surface area (Å²) in [6.45, 7) is 1.66. The molecule has 3 heterocycles. The SMILES string of the molecule is O=C(C1NNC2CCCCC21)N1CCC(c2nc3ccccc3[nH]2)CC1. The molecular weight excluding hydrogens is 326 g/mol. The Morgan fingerprint density at radius 3 is 2.69 bits per heavy atom. The number of fused-ring (bicyclic) bond motifs is 2. The summed E-state index contributed by atoms with van der Waals surface area (Å²) in [6, 6.07) is 8.62. The van der Waals surface area contributed by atoms with E-state index in [1.165, 1.54) is 19.3 Å². The maximum atomic E-state index is 13.0. The summed E-state index contributed by atoms with van der Waals surface area (Å²) in [5.74, 6) is 2.24. The predicted octanol–water partition coefficient (Wildman–Crippen LogP) is 2.30. The van der Waals surface area contributed by atoms with E-state index < -0.39 is 0 Å². The van der Waals surface area contributed by atoms with Gasteiger partial charge in [0.2, 0.25) is 5.91 Å². The molecule has 1 aliphatic carbocycles. The van der Waals surface area contributed by atoms with Crippen molar-refractivity contribution in [2.75, 3.05) is 13.1 Å². The smallest absolute Gasteiger partial charge is 0.241 e. The lowest BCUT2D eigenvalue weighted by Gasteiger charge is -2.35. The van der Waals surface area contributed by atoms with Gasteiger partial charge in [0.25, 0.3) is 0 Å². The van der Waals surface area contributed by atoms with Crippen LogP contribution in [0.3, 0.4) is 0 Å². The number of imidazole rings is 1. The van der Waals surface area contributed by atoms with Crippen LogP contribution in [0.5, 0.6) is 0 Å². The van der Waals surface area contributed by atoms with Crippen molar-refractivity contribution in [3.05, 3.63) is 30.1 Å². The van der Waals surface area contributed by atoms with Crippen molar-refractivity contribution in [3.63, 3.8) is 0 Å². The number of para-hydroxylation sites is 2. The maximum Gasteiger partial charge on any atom is 0.241 e. The van der Waals surface area contributed by atoms with E-state index in [9.17, 15) is 4.79 Å².